The van der Waals surface area contributed by atoms with E-state index >= 15 is 0 Å². The van der Waals surface area contributed by atoms with Crippen molar-refractivity contribution in [2.24, 2.45) is 27.6 Å². The first-order chi connectivity index (χ1) is 21.1. The van der Waals surface area contributed by atoms with Gasteiger partial charge in [0.25, 0.3) is 0 Å². The number of rotatable bonds is 9. The standard InChI is InChI=1S/C36H52O10/c1-20(14-17-42-31(41)36-16-15-35(11,30(40)46-36)33(36,8)9)12-13-26-21(2)27(44-23(4)38)28(45-24(5)39)29-32(6,7)18-25(43-22(3)37)19-34(26,29)10/h14,25,27-29H,12-13,15-19H2,1-11H3/b20-14+/t25-,27-,28+,29-,34+,35+,36-/m0/s1. The van der Waals surface area contributed by atoms with Crippen LogP contribution in [0.1, 0.15) is 115 Å². The van der Waals surface area contributed by atoms with Crippen LogP contribution in [0.15, 0.2) is 22.8 Å². The van der Waals surface area contributed by atoms with E-state index in [1.807, 2.05) is 40.7 Å². The first-order valence-electron chi connectivity index (χ1n) is 16.4. The summed E-state index contributed by atoms with van der Waals surface area (Å²) >= 11 is 0. The predicted molar refractivity (Wildman–Crippen MR) is 168 cm³/mol. The van der Waals surface area contributed by atoms with Crippen molar-refractivity contribution in [2.75, 3.05) is 6.61 Å². The maximum absolute atomic E-state index is 13.3. The summed E-state index contributed by atoms with van der Waals surface area (Å²) in [7, 11) is 0. The Hall–Kier alpha value is -3.17. The number of ether oxygens (including phenoxy) is 5. The minimum absolute atomic E-state index is 0.0425. The van der Waals surface area contributed by atoms with Gasteiger partial charge in [-0.25, -0.2) is 4.79 Å². The summed E-state index contributed by atoms with van der Waals surface area (Å²) in [5.74, 6) is -2.35. The molecule has 10 nitrogen and oxygen atoms in total. The summed E-state index contributed by atoms with van der Waals surface area (Å²) < 4.78 is 29.0. The number of carbonyl (C=O) groups excluding carboxylic acids is 5. The molecule has 0 amide bonds. The van der Waals surface area contributed by atoms with Crippen molar-refractivity contribution < 1.29 is 47.7 Å². The highest BCUT2D eigenvalue weighted by molar-refractivity contribution is 5.93. The highest BCUT2D eigenvalue weighted by atomic mass is 16.6. The topological polar surface area (TPSA) is 132 Å². The third kappa shape index (κ3) is 5.78. The minimum Gasteiger partial charge on any atom is -0.463 e. The fourth-order valence-electron chi connectivity index (χ4n) is 9.37. The van der Waals surface area contributed by atoms with E-state index in [1.54, 1.807) is 0 Å². The summed E-state index contributed by atoms with van der Waals surface area (Å²) in [5.41, 5.74) is -0.751. The molecule has 3 fully saturated rings. The van der Waals surface area contributed by atoms with Gasteiger partial charge < -0.3 is 23.7 Å². The lowest BCUT2D eigenvalue weighted by Crippen LogP contribution is -2.61. The van der Waals surface area contributed by atoms with Crippen LogP contribution in [0.25, 0.3) is 0 Å². The van der Waals surface area contributed by atoms with Gasteiger partial charge in [0.15, 0.2) is 6.10 Å². The zero-order valence-electron chi connectivity index (χ0n) is 29.4. The fraction of sp³-hybridized carbons (Fsp3) is 0.750. The number of carbonyl (C=O) groups is 5. The van der Waals surface area contributed by atoms with Crippen LogP contribution in [-0.2, 0) is 47.7 Å². The molecule has 256 valence electrons. The molecule has 2 bridgehead atoms. The van der Waals surface area contributed by atoms with E-state index in [-0.39, 0.29) is 30.6 Å². The Balaban J connectivity index is 1.59. The Morgan fingerprint density at radius 3 is 2.00 bits per heavy atom. The summed E-state index contributed by atoms with van der Waals surface area (Å²) in [5, 5.41) is 0. The monoisotopic (exact) mass is 644 g/mol. The summed E-state index contributed by atoms with van der Waals surface area (Å²) in [6.07, 6.45) is 3.44. The molecule has 2 saturated carbocycles. The van der Waals surface area contributed by atoms with Crippen LogP contribution in [0.4, 0.5) is 0 Å². The number of allylic oxidation sites excluding steroid dienone is 2. The lowest BCUT2D eigenvalue weighted by molar-refractivity contribution is -0.194. The van der Waals surface area contributed by atoms with Gasteiger partial charge in [0.1, 0.15) is 18.8 Å². The lowest BCUT2D eigenvalue weighted by atomic mass is 9.47. The number of esters is 5. The van der Waals surface area contributed by atoms with Crippen LogP contribution in [-0.4, -0.2) is 60.4 Å². The van der Waals surface area contributed by atoms with E-state index in [9.17, 15) is 24.0 Å². The minimum atomic E-state index is -1.27. The van der Waals surface area contributed by atoms with Gasteiger partial charge in [0.05, 0.1) is 5.41 Å². The molecule has 0 radical (unpaired) electrons. The molecule has 4 rings (SSSR count). The molecule has 0 N–H and O–H groups in total. The van der Waals surface area contributed by atoms with Gasteiger partial charge in [-0.15, -0.1) is 0 Å². The zero-order chi connectivity index (χ0) is 34.6. The fourth-order valence-corrected chi connectivity index (χ4v) is 9.37. The Morgan fingerprint density at radius 2 is 1.48 bits per heavy atom. The van der Waals surface area contributed by atoms with Crippen molar-refractivity contribution in [3.8, 4) is 0 Å². The first-order valence-corrected chi connectivity index (χ1v) is 16.4. The molecule has 0 aromatic heterocycles. The largest absolute Gasteiger partial charge is 0.463 e. The van der Waals surface area contributed by atoms with Crippen LogP contribution in [0.5, 0.6) is 0 Å². The van der Waals surface area contributed by atoms with E-state index < -0.39 is 57.4 Å². The molecule has 4 aliphatic rings. The third-order valence-electron chi connectivity index (χ3n) is 11.9. The lowest BCUT2D eigenvalue weighted by Gasteiger charge is -2.60. The van der Waals surface area contributed by atoms with Crippen molar-refractivity contribution in [1.29, 1.82) is 0 Å². The normalized spacial score (nSPS) is 36.0. The van der Waals surface area contributed by atoms with Gasteiger partial charge in [-0.05, 0) is 81.8 Å². The second kappa shape index (κ2) is 12.1. The summed E-state index contributed by atoms with van der Waals surface area (Å²) in [6.45, 7) is 20.0. The second-order valence-corrected chi connectivity index (χ2v) is 15.6. The number of fused-ring (bicyclic) bond motifs is 3. The average molecular weight is 645 g/mol. The summed E-state index contributed by atoms with van der Waals surface area (Å²) in [6, 6.07) is 0. The van der Waals surface area contributed by atoms with E-state index in [2.05, 4.69) is 20.8 Å². The highest BCUT2D eigenvalue weighted by Crippen LogP contribution is 2.66. The molecule has 7 atom stereocenters. The Morgan fingerprint density at radius 1 is 0.870 bits per heavy atom. The maximum Gasteiger partial charge on any atom is 0.351 e. The van der Waals surface area contributed by atoms with E-state index in [0.717, 1.165) is 16.7 Å². The van der Waals surface area contributed by atoms with Gasteiger partial charge in [-0.1, -0.05) is 45.8 Å². The van der Waals surface area contributed by atoms with Crippen molar-refractivity contribution in [3.05, 3.63) is 22.8 Å². The van der Waals surface area contributed by atoms with Crippen molar-refractivity contribution in [3.63, 3.8) is 0 Å². The molecular weight excluding hydrogens is 592 g/mol. The van der Waals surface area contributed by atoms with Crippen molar-refractivity contribution >= 4 is 29.8 Å². The molecule has 0 spiro atoms. The predicted octanol–water partition coefficient (Wildman–Crippen LogP) is 5.95. The number of hydrogen-bond donors (Lipinski definition) is 0. The molecule has 1 saturated heterocycles. The average Bonchev–Trinajstić information content (AvgIpc) is 3.19. The highest BCUT2D eigenvalue weighted by Gasteiger charge is 2.76. The van der Waals surface area contributed by atoms with Gasteiger partial charge in [0, 0.05) is 32.1 Å². The molecule has 1 heterocycles. The summed E-state index contributed by atoms with van der Waals surface area (Å²) in [4.78, 5) is 62.6. The van der Waals surface area contributed by atoms with Crippen molar-refractivity contribution in [1.82, 2.24) is 0 Å². The van der Waals surface area contributed by atoms with E-state index in [0.29, 0.717) is 38.5 Å². The third-order valence-corrected chi connectivity index (χ3v) is 11.9. The zero-order valence-corrected chi connectivity index (χ0v) is 29.4. The molecular formula is C36H52O10. The van der Waals surface area contributed by atoms with Crippen molar-refractivity contribution in [2.45, 2.75) is 139 Å². The molecule has 0 aromatic carbocycles. The molecule has 10 heteroatoms. The van der Waals surface area contributed by atoms with Gasteiger partial charge in [-0.2, -0.15) is 0 Å². The first kappa shape index (κ1) is 35.7. The molecule has 3 aliphatic carbocycles. The Labute approximate surface area is 272 Å². The van der Waals surface area contributed by atoms with E-state index in [4.69, 9.17) is 23.7 Å². The Bertz CT molecular complexity index is 1370. The second-order valence-electron chi connectivity index (χ2n) is 15.6. The molecule has 46 heavy (non-hydrogen) atoms. The quantitative estimate of drug-likeness (QED) is 0.169. The maximum atomic E-state index is 13.3. The van der Waals surface area contributed by atoms with E-state index in [1.165, 1.54) is 20.8 Å². The van der Waals surface area contributed by atoms with Crippen LogP contribution >= 0.6 is 0 Å². The number of hydrogen-bond acceptors (Lipinski definition) is 10. The van der Waals surface area contributed by atoms with Crippen LogP contribution < -0.4 is 0 Å². The molecule has 0 aromatic rings. The molecule has 0 unspecified atom stereocenters. The van der Waals surface area contributed by atoms with Gasteiger partial charge in [0.2, 0.25) is 5.60 Å². The van der Waals surface area contributed by atoms with Crippen LogP contribution in [0, 0.1) is 27.6 Å². The van der Waals surface area contributed by atoms with Gasteiger partial charge in [-0.3, -0.25) is 19.2 Å². The Kier molecular flexibility index (Phi) is 9.41. The molecule has 1 aliphatic heterocycles. The smallest absolute Gasteiger partial charge is 0.351 e. The SMILES string of the molecule is CC(=O)O[C@H]1CC(C)(C)[C@@H]2[C@H](OC(C)=O)[C@@H](OC(C)=O)C(C)=C(CC/C(C)=C/COC(=O)[C@]34CC[C@](C)(C(=O)O3)C4(C)C)[C@@]2(C)C1. The van der Waals surface area contributed by atoms with Gasteiger partial charge >= 0.3 is 29.8 Å². The van der Waals surface area contributed by atoms with Crippen LogP contribution in [0.3, 0.4) is 0 Å². The van der Waals surface area contributed by atoms with Crippen LogP contribution in [0.2, 0.25) is 0 Å².